The molecule has 2 saturated heterocycles. The van der Waals surface area contributed by atoms with Crippen molar-refractivity contribution in [2.45, 2.75) is 12.3 Å². The van der Waals surface area contributed by atoms with Gasteiger partial charge in [0.15, 0.2) is 0 Å². The van der Waals surface area contributed by atoms with E-state index >= 15 is 0 Å². The van der Waals surface area contributed by atoms with Gasteiger partial charge >= 0.3 is 0 Å². The first-order chi connectivity index (χ1) is 11.2. The molecule has 2 aliphatic rings. The summed E-state index contributed by atoms with van der Waals surface area (Å²) in [6, 6.07) is 11.7. The van der Waals surface area contributed by atoms with Crippen LogP contribution in [-0.2, 0) is 4.79 Å². The summed E-state index contributed by atoms with van der Waals surface area (Å²) in [5.74, 6) is 0.0205. The lowest BCUT2D eigenvalue weighted by molar-refractivity contribution is -0.127. The van der Waals surface area contributed by atoms with Crippen molar-refractivity contribution in [1.29, 1.82) is 0 Å². The smallest absolute Gasteiger partial charge is 0.257 e. The van der Waals surface area contributed by atoms with Gasteiger partial charge < -0.3 is 14.6 Å². The minimum Gasteiger partial charge on any atom is -0.472 e. The minimum absolute atomic E-state index is 0.0297. The molecule has 0 aliphatic carbocycles. The van der Waals surface area contributed by atoms with Crippen LogP contribution in [-0.4, -0.2) is 36.3 Å². The van der Waals surface area contributed by atoms with Crippen molar-refractivity contribution in [3.05, 3.63) is 60.1 Å². The maximum atomic E-state index is 12.7. The lowest BCUT2D eigenvalue weighted by Gasteiger charge is -2.27. The van der Waals surface area contributed by atoms with Crippen molar-refractivity contribution in [3.63, 3.8) is 0 Å². The van der Waals surface area contributed by atoms with Crippen molar-refractivity contribution in [2.24, 2.45) is 5.41 Å². The van der Waals surface area contributed by atoms with Crippen LogP contribution < -0.4 is 5.32 Å². The predicted molar refractivity (Wildman–Crippen MR) is 83.9 cm³/mol. The highest BCUT2D eigenvalue weighted by Gasteiger charge is 2.55. The van der Waals surface area contributed by atoms with Gasteiger partial charge in [-0.3, -0.25) is 9.59 Å². The van der Waals surface area contributed by atoms with E-state index in [4.69, 9.17) is 4.42 Å². The summed E-state index contributed by atoms with van der Waals surface area (Å²) in [5, 5.41) is 2.95. The molecular weight excluding hydrogens is 292 g/mol. The first-order valence-electron chi connectivity index (χ1n) is 7.85. The highest BCUT2D eigenvalue weighted by molar-refractivity contribution is 5.95. The van der Waals surface area contributed by atoms with Crippen LogP contribution in [0.1, 0.15) is 28.3 Å². The Labute approximate surface area is 134 Å². The summed E-state index contributed by atoms with van der Waals surface area (Å²) in [7, 11) is 0. The van der Waals surface area contributed by atoms with Gasteiger partial charge in [0.2, 0.25) is 5.91 Å². The molecule has 1 spiro atoms. The van der Waals surface area contributed by atoms with Gasteiger partial charge in [-0.05, 0) is 18.1 Å². The third-order valence-electron chi connectivity index (χ3n) is 5.11. The molecular formula is C18H18N2O3. The van der Waals surface area contributed by atoms with Crippen molar-refractivity contribution < 1.29 is 14.0 Å². The Morgan fingerprint density at radius 2 is 2.09 bits per heavy atom. The van der Waals surface area contributed by atoms with E-state index in [-0.39, 0.29) is 17.7 Å². The first kappa shape index (κ1) is 14.1. The second kappa shape index (κ2) is 5.26. The van der Waals surface area contributed by atoms with Gasteiger partial charge in [0.05, 0.1) is 17.2 Å². The number of benzene rings is 1. The average Bonchev–Trinajstić information content (AvgIpc) is 3.30. The molecule has 2 atom stereocenters. The summed E-state index contributed by atoms with van der Waals surface area (Å²) in [4.78, 5) is 27.0. The second-order valence-electron chi connectivity index (χ2n) is 6.32. The number of carbonyl (C=O) groups excluding carboxylic acids is 2. The van der Waals surface area contributed by atoms with Gasteiger partial charge in [0.1, 0.15) is 6.26 Å². The van der Waals surface area contributed by atoms with E-state index in [1.54, 1.807) is 11.0 Å². The van der Waals surface area contributed by atoms with E-state index in [2.05, 4.69) is 5.32 Å². The number of nitrogens with one attached hydrogen (secondary N) is 1. The standard InChI is InChI=1S/C18H18N2O3/c21-16(14-6-9-23-11-14)20-10-15(13-4-2-1-3-5-13)18(12-20)7-8-19-17(18)22/h1-6,9,11,15H,7-8,10,12H2,(H,19,22)/t15-,18+/m1/s1. The number of furan rings is 1. The molecule has 2 aliphatic heterocycles. The van der Waals surface area contributed by atoms with E-state index in [9.17, 15) is 9.59 Å². The molecule has 3 heterocycles. The molecule has 4 rings (SSSR count). The third-order valence-corrected chi connectivity index (χ3v) is 5.11. The first-order valence-corrected chi connectivity index (χ1v) is 7.85. The predicted octanol–water partition coefficient (Wildman–Crippen LogP) is 2.03. The molecule has 2 amide bonds. The molecule has 1 aromatic heterocycles. The number of likely N-dealkylation sites (tertiary alicyclic amines) is 1. The lowest BCUT2D eigenvalue weighted by atomic mass is 9.73. The average molecular weight is 310 g/mol. The van der Waals surface area contributed by atoms with Gasteiger partial charge in [-0.25, -0.2) is 0 Å². The Hall–Kier alpha value is -2.56. The SMILES string of the molecule is O=C(c1ccoc1)N1C[C@H](c2ccccc2)[C@]2(CCNC2=O)C1. The Morgan fingerprint density at radius 1 is 1.26 bits per heavy atom. The van der Waals surface area contributed by atoms with Gasteiger partial charge in [-0.15, -0.1) is 0 Å². The molecule has 2 fully saturated rings. The number of rotatable bonds is 2. The molecule has 0 saturated carbocycles. The summed E-state index contributed by atoms with van der Waals surface area (Å²) in [6.07, 6.45) is 3.72. The zero-order valence-electron chi connectivity index (χ0n) is 12.7. The van der Waals surface area contributed by atoms with E-state index in [0.717, 1.165) is 12.0 Å². The summed E-state index contributed by atoms with van der Waals surface area (Å²) < 4.78 is 5.02. The molecule has 1 aromatic carbocycles. The fourth-order valence-corrected chi connectivity index (χ4v) is 3.92. The monoisotopic (exact) mass is 310 g/mol. The summed E-state index contributed by atoms with van der Waals surface area (Å²) in [5.41, 5.74) is 1.14. The van der Waals surface area contributed by atoms with E-state index < -0.39 is 5.41 Å². The third kappa shape index (κ3) is 2.15. The number of nitrogens with zero attached hydrogens (tertiary/aromatic N) is 1. The van der Waals surface area contributed by atoms with E-state index in [1.807, 2.05) is 30.3 Å². The zero-order chi connectivity index (χ0) is 15.9. The van der Waals surface area contributed by atoms with Crippen molar-refractivity contribution in [1.82, 2.24) is 10.2 Å². The Bertz CT molecular complexity index is 726. The zero-order valence-corrected chi connectivity index (χ0v) is 12.7. The topological polar surface area (TPSA) is 62.6 Å². The van der Waals surface area contributed by atoms with Gasteiger partial charge in [-0.1, -0.05) is 30.3 Å². The molecule has 5 heteroatoms. The second-order valence-corrected chi connectivity index (χ2v) is 6.32. The Balaban J connectivity index is 1.70. The Kier molecular flexibility index (Phi) is 3.22. The van der Waals surface area contributed by atoms with E-state index in [1.165, 1.54) is 12.5 Å². The number of amides is 2. The maximum absolute atomic E-state index is 12.7. The van der Waals surface area contributed by atoms with Crippen LogP contribution in [0.2, 0.25) is 0 Å². The molecule has 2 aromatic rings. The van der Waals surface area contributed by atoms with Crippen LogP contribution in [0.15, 0.2) is 53.3 Å². The molecule has 0 unspecified atom stereocenters. The van der Waals surface area contributed by atoms with E-state index in [0.29, 0.717) is 25.2 Å². The lowest BCUT2D eigenvalue weighted by Crippen LogP contribution is -2.38. The van der Waals surface area contributed by atoms with Gasteiger partial charge in [0.25, 0.3) is 5.91 Å². The summed E-state index contributed by atoms with van der Waals surface area (Å²) in [6.45, 7) is 1.69. The molecule has 0 bridgehead atoms. The molecule has 1 N–H and O–H groups in total. The van der Waals surface area contributed by atoms with Crippen LogP contribution in [0, 0.1) is 5.41 Å². The van der Waals surface area contributed by atoms with Crippen LogP contribution in [0.5, 0.6) is 0 Å². The quantitative estimate of drug-likeness (QED) is 0.923. The fraction of sp³-hybridized carbons (Fsp3) is 0.333. The molecule has 5 nitrogen and oxygen atoms in total. The number of carbonyl (C=O) groups is 2. The largest absolute Gasteiger partial charge is 0.472 e. The van der Waals surface area contributed by atoms with Crippen LogP contribution in [0.4, 0.5) is 0 Å². The van der Waals surface area contributed by atoms with Crippen LogP contribution >= 0.6 is 0 Å². The highest BCUT2D eigenvalue weighted by atomic mass is 16.3. The maximum Gasteiger partial charge on any atom is 0.257 e. The van der Waals surface area contributed by atoms with Crippen LogP contribution in [0.3, 0.4) is 0 Å². The number of hydrogen-bond acceptors (Lipinski definition) is 3. The van der Waals surface area contributed by atoms with Crippen molar-refractivity contribution in [2.75, 3.05) is 19.6 Å². The number of hydrogen-bond donors (Lipinski definition) is 1. The minimum atomic E-state index is -0.513. The highest BCUT2D eigenvalue weighted by Crippen LogP contribution is 2.47. The normalized spacial score (nSPS) is 26.7. The molecule has 0 radical (unpaired) electrons. The van der Waals surface area contributed by atoms with Crippen molar-refractivity contribution >= 4 is 11.8 Å². The fourth-order valence-electron chi connectivity index (χ4n) is 3.92. The summed E-state index contributed by atoms with van der Waals surface area (Å²) >= 11 is 0. The van der Waals surface area contributed by atoms with Gasteiger partial charge in [0, 0.05) is 25.6 Å². The molecule has 118 valence electrons. The molecule has 23 heavy (non-hydrogen) atoms. The van der Waals surface area contributed by atoms with Crippen LogP contribution in [0.25, 0.3) is 0 Å². The van der Waals surface area contributed by atoms with Crippen molar-refractivity contribution in [3.8, 4) is 0 Å². The van der Waals surface area contributed by atoms with Gasteiger partial charge in [-0.2, -0.15) is 0 Å². The Morgan fingerprint density at radius 3 is 2.74 bits per heavy atom.